The van der Waals surface area contributed by atoms with Crippen LogP contribution in [0.15, 0.2) is 36.7 Å². The molecule has 0 spiro atoms. The summed E-state index contributed by atoms with van der Waals surface area (Å²) in [6, 6.07) is 7.98. The van der Waals surface area contributed by atoms with Gasteiger partial charge in [0.05, 0.1) is 12.1 Å². The lowest BCUT2D eigenvalue weighted by molar-refractivity contribution is 0.0480. The number of nitrogens with zero attached hydrogens (tertiary/aromatic N) is 3. The van der Waals surface area contributed by atoms with Gasteiger partial charge in [-0.3, -0.25) is 0 Å². The fourth-order valence-corrected chi connectivity index (χ4v) is 2.69. The number of likely N-dealkylation sites (N-methyl/N-ethyl adjacent to an activating group) is 1. The molecule has 2 aromatic rings. The number of nitrogens with one attached hydrogen (secondary N) is 1. The van der Waals surface area contributed by atoms with Gasteiger partial charge in [0, 0.05) is 32.0 Å². The molecule has 1 heterocycles. The van der Waals surface area contributed by atoms with Crippen LogP contribution in [0.2, 0.25) is 0 Å². The number of urea groups is 1. The van der Waals surface area contributed by atoms with Crippen molar-refractivity contribution in [2.45, 2.75) is 46.4 Å². The van der Waals surface area contributed by atoms with Gasteiger partial charge in [0.1, 0.15) is 5.82 Å². The maximum Gasteiger partial charge on any atom is 0.317 e. The Labute approximate surface area is 149 Å². The molecule has 0 unspecified atom stereocenters. The third-order valence-electron chi connectivity index (χ3n) is 3.96. The van der Waals surface area contributed by atoms with E-state index < -0.39 is 5.60 Å². The van der Waals surface area contributed by atoms with Gasteiger partial charge in [-0.15, -0.1) is 0 Å². The van der Waals surface area contributed by atoms with E-state index in [1.165, 1.54) is 0 Å². The zero-order valence-electron chi connectivity index (χ0n) is 15.5. The summed E-state index contributed by atoms with van der Waals surface area (Å²) < 4.78 is 2.08. The molecule has 1 aromatic heterocycles. The highest BCUT2D eigenvalue weighted by Crippen LogP contribution is 2.10. The van der Waals surface area contributed by atoms with Crippen LogP contribution < -0.4 is 5.32 Å². The van der Waals surface area contributed by atoms with Gasteiger partial charge in [-0.1, -0.05) is 24.3 Å². The lowest BCUT2D eigenvalue weighted by atomic mass is 10.1. The number of carbonyl (C=O) groups is 1. The van der Waals surface area contributed by atoms with Crippen molar-refractivity contribution >= 4 is 6.03 Å². The van der Waals surface area contributed by atoms with Crippen LogP contribution >= 0.6 is 0 Å². The van der Waals surface area contributed by atoms with Gasteiger partial charge in [0.25, 0.3) is 0 Å². The third-order valence-corrected chi connectivity index (χ3v) is 3.96. The van der Waals surface area contributed by atoms with Crippen molar-refractivity contribution in [1.29, 1.82) is 0 Å². The lowest BCUT2D eigenvalue weighted by Crippen LogP contribution is -2.46. The maximum absolute atomic E-state index is 12.3. The molecule has 1 aromatic carbocycles. The van der Waals surface area contributed by atoms with Gasteiger partial charge in [0.2, 0.25) is 0 Å². The number of benzene rings is 1. The Hall–Kier alpha value is -2.34. The summed E-state index contributed by atoms with van der Waals surface area (Å²) in [6.07, 6.45) is 3.75. The number of aromatic nitrogens is 2. The van der Waals surface area contributed by atoms with Crippen LogP contribution in [0.4, 0.5) is 4.79 Å². The predicted octanol–water partition coefficient (Wildman–Crippen LogP) is 2.54. The summed E-state index contributed by atoms with van der Waals surface area (Å²) in [6.45, 7) is 9.34. The average molecular weight is 344 g/mol. The van der Waals surface area contributed by atoms with Gasteiger partial charge < -0.3 is 19.9 Å². The minimum absolute atomic E-state index is 0.166. The van der Waals surface area contributed by atoms with Crippen molar-refractivity contribution in [3.8, 4) is 0 Å². The van der Waals surface area contributed by atoms with Gasteiger partial charge in [-0.05, 0) is 38.8 Å². The Balaban J connectivity index is 1.95. The second kappa shape index (κ2) is 8.16. The predicted molar refractivity (Wildman–Crippen MR) is 98.3 cm³/mol. The summed E-state index contributed by atoms with van der Waals surface area (Å²) in [7, 11) is 0. The number of imidazole rings is 1. The average Bonchev–Trinajstić information content (AvgIpc) is 2.95. The number of aliphatic hydroxyl groups is 1. The van der Waals surface area contributed by atoms with Crippen LogP contribution in [0, 0.1) is 6.92 Å². The molecule has 0 aliphatic heterocycles. The molecule has 0 aliphatic carbocycles. The largest absolute Gasteiger partial charge is 0.389 e. The second-order valence-corrected chi connectivity index (χ2v) is 6.91. The first-order valence-electron chi connectivity index (χ1n) is 8.59. The standard InChI is InChI=1S/C19H28N4O2/c1-5-22(14-19(3,4)25)18(24)21-12-16-7-6-8-17(11-16)13-23-10-9-20-15(23)2/h6-11,25H,5,12-14H2,1-4H3,(H,21,24). The number of hydrogen-bond acceptors (Lipinski definition) is 3. The second-order valence-electron chi connectivity index (χ2n) is 6.91. The monoisotopic (exact) mass is 344 g/mol. The molecule has 136 valence electrons. The van der Waals surface area contributed by atoms with E-state index >= 15 is 0 Å². The van der Waals surface area contributed by atoms with Crippen LogP contribution in [-0.2, 0) is 13.1 Å². The first kappa shape index (κ1) is 19.0. The highest BCUT2D eigenvalue weighted by Gasteiger charge is 2.20. The molecule has 2 amide bonds. The molecule has 6 nitrogen and oxygen atoms in total. The van der Waals surface area contributed by atoms with Crippen LogP contribution in [0.3, 0.4) is 0 Å². The summed E-state index contributed by atoms with van der Waals surface area (Å²) >= 11 is 0. The van der Waals surface area contributed by atoms with Crippen LogP contribution in [-0.4, -0.2) is 44.3 Å². The van der Waals surface area contributed by atoms with Crippen molar-refractivity contribution in [3.63, 3.8) is 0 Å². The highest BCUT2D eigenvalue weighted by molar-refractivity contribution is 5.74. The van der Waals surface area contributed by atoms with E-state index in [1.54, 1.807) is 24.9 Å². The van der Waals surface area contributed by atoms with Gasteiger partial charge >= 0.3 is 6.03 Å². The van der Waals surface area contributed by atoms with Crippen LogP contribution in [0.25, 0.3) is 0 Å². The molecule has 6 heteroatoms. The number of carbonyl (C=O) groups excluding carboxylic acids is 1. The van der Waals surface area contributed by atoms with E-state index in [2.05, 4.69) is 27.0 Å². The topological polar surface area (TPSA) is 70.4 Å². The molecule has 0 atom stereocenters. The molecule has 0 saturated carbocycles. The summed E-state index contributed by atoms with van der Waals surface area (Å²) in [5.41, 5.74) is 1.30. The zero-order valence-corrected chi connectivity index (χ0v) is 15.5. The van der Waals surface area contributed by atoms with Gasteiger partial charge in [0.15, 0.2) is 0 Å². The molecule has 0 bridgehead atoms. The molecule has 2 N–H and O–H groups in total. The van der Waals surface area contributed by atoms with E-state index in [1.807, 2.05) is 32.2 Å². The molecular weight excluding hydrogens is 316 g/mol. The number of amides is 2. The van der Waals surface area contributed by atoms with E-state index in [9.17, 15) is 9.90 Å². The minimum atomic E-state index is -0.907. The Morgan fingerprint density at radius 1 is 1.36 bits per heavy atom. The fraction of sp³-hybridized carbons (Fsp3) is 0.474. The molecule has 0 aliphatic rings. The zero-order chi connectivity index (χ0) is 18.4. The highest BCUT2D eigenvalue weighted by atomic mass is 16.3. The first-order chi connectivity index (χ1) is 11.8. The Morgan fingerprint density at radius 3 is 2.68 bits per heavy atom. The summed E-state index contributed by atoms with van der Waals surface area (Å²) in [5.74, 6) is 0.976. The Bertz CT molecular complexity index is 703. The molecule has 0 saturated heterocycles. The molecule has 0 radical (unpaired) electrons. The maximum atomic E-state index is 12.3. The summed E-state index contributed by atoms with van der Waals surface area (Å²) in [5, 5.41) is 12.8. The summed E-state index contributed by atoms with van der Waals surface area (Å²) in [4.78, 5) is 18.1. The van der Waals surface area contributed by atoms with Crippen LogP contribution in [0.1, 0.15) is 37.7 Å². The smallest absolute Gasteiger partial charge is 0.317 e. The van der Waals surface area contributed by atoms with Gasteiger partial charge in [-0.25, -0.2) is 9.78 Å². The quantitative estimate of drug-likeness (QED) is 0.811. The van der Waals surface area contributed by atoms with E-state index in [0.717, 1.165) is 23.5 Å². The van der Waals surface area contributed by atoms with Gasteiger partial charge in [-0.2, -0.15) is 0 Å². The van der Waals surface area contributed by atoms with Crippen molar-refractivity contribution in [2.24, 2.45) is 0 Å². The fourth-order valence-electron chi connectivity index (χ4n) is 2.69. The molecule has 25 heavy (non-hydrogen) atoms. The van der Waals surface area contributed by atoms with E-state index in [4.69, 9.17) is 0 Å². The molecule has 2 rings (SSSR count). The van der Waals surface area contributed by atoms with E-state index in [-0.39, 0.29) is 6.03 Å². The number of aryl methyl sites for hydroxylation is 1. The van der Waals surface area contributed by atoms with Crippen molar-refractivity contribution < 1.29 is 9.90 Å². The van der Waals surface area contributed by atoms with Crippen molar-refractivity contribution in [3.05, 3.63) is 53.6 Å². The SMILES string of the molecule is CCN(CC(C)(C)O)C(=O)NCc1cccc(Cn2ccnc2C)c1. The van der Waals surface area contributed by atoms with Crippen molar-refractivity contribution in [1.82, 2.24) is 19.8 Å². The van der Waals surface area contributed by atoms with Crippen LogP contribution in [0.5, 0.6) is 0 Å². The van der Waals surface area contributed by atoms with E-state index in [0.29, 0.717) is 19.6 Å². The number of rotatable bonds is 7. The Morgan fingerprint density at radius 2 is 2.08 bits per heavy atom. The Kier molecular flexibility index (Phi) is 6.20. The normalized spacial score (nSPS) is 11.4. The minimum Gasteiger partial charge on any atom is -0.389 e. The lowest BCUT2D eigenvalue weighted by Gasteiger charge is -2.28. The first-order valence-corrected chi connectivity index (χ1v) is 8.59. The molecule has 0 fully saturated rings. The third kappa shape index (κ3) is 5.90. The molecular formula is C19H28N4O2. The van der Waals surface area contributed by atoms with Crippen molar-refractivity contribution in [2.75, 3.05) is 13.1 Å². The number of hydrogen-bond donors (Lipinski definition) is 2.